The summed E-state index contributed by atoms with van der Waals surface area (Å²) in [6, 6.07) is 15.0. The summed E-state index contributed by atoms with van der Waals surface area (Å²) in [4.78, 5) is 29.2. The molecule has 10 heteroatoms. The number of para-hydroxylation sites is 1. The molecule has 3 fully saturated rings. The number of thioether (sulfide) groups is 1. The van der Waals surface area contributed by atoms with Crippen molar-refractivity contribution >= 4 is 29.4 Å². The molecule has 4 heterocycles. The van der Waals surface area contributed by atoms with Crippen molar-refractivity contribution < 1.29 is 19.4 Å². The van der Waals surface area contributed by atoms with Gasteiger partial charge in [0.15, 0.2) is 0 Å². The first-order valence-corrected chi connectivity index (χ1v) is 13.6. The molecule has 37 heavy (non-hydrogen) atoms. The summed E-state index contributed by atoms with van der Waals surface area (Å²) < 4.78 is 5.98. The average Bonchev–Trinajstić information content (AvgIpc) is 3.25. The van der Waals surface area contributed by atoms with Crippen LogP contribution in [0.15, 0.2) is 59.1 Å². The number of hydrogen-bond acceptors (Lipinski definition) is 7. The fraction of sp³-hybridized carbons (Fsp3) is 0.407. The van der Waals surface area contributed by atoms with E-state index in [4.69, 9.17) is 4.74 Å². The van der Waals surface area contributed by atoms with Crippen molar-refractivity contribution in [1.29, 1.82) is 0 Å². The highest BCUT2D eigenvalue weighted by atomic mass is 32.2. The lowest BCUT2D eigenvalue weighted by Gasteiger charge is -2.46. The van der Waals surface area contributed by atoms with E-state index in [-0.39, 0.29) is 35.3 Å². The Bertz CT molecular complexity index is 1240. The van der Waals surface area contributed by atoms with Crippen LogP contribution in [-0.2, 0) is 4.79 Å². The predicted molar refractivity (Wildman–Crippen MR) is 142 cm³/mol. The number of β-amino-alcohol motifs (C(OH)–C–C–N with tert-alkyl or cyclic N) is 1. The van der Waals surface area contributed by atoms with Crippen molar-refractivity contribution in [2.45, 2.75) is 43.3 Å². The number of anilines is 1. The molecule has 0 aliphatic carbocycles. The van der Waals surface area contributed by atoms with Crippen LogP contribution >= 0.6 is 11.8 Å². The van der Waals surface area contributed by atoms with Crippen LogP contribution in [0, 0.1) is 12.8 Å². The number of hydrogen-bond donors (Lipinski definition) is 5. The van der Waals surface area contributed by atoms with Crippen molar-refractivity contribution in [2.75, 3.05) is 24.5 Å². The van der Waals surface area contributed by atoms with Gasteiger partial charge in [0.1, 0.15) is 11.5 Å². The number of aliphatic hydroxyl groups is 1. The molecule has 2 aromatic rings. The largest absolute Gasteiger partial charge is 0.457 e. The fourth-order valence-electron chi connectivity index (χ4n) is 5.77. The fourth-order valence-corrected chi connectivity index (χ4v) is 7.17. The Kier molecular flexibility index (Phi) is 6.58. The van der Waals surface area contributed by atoms with Crippen LogP contribution < -0.4 is 30.9 Å². The van der Waals surface area contributed by atoms with Gasteiger partial charge in [0.25, 0.3) is 5.91 Å². The maximum atomic E-state index is 13.5. The molecule has 0 aromatic heterocycles. The molecule has 0 bridgehead atoms. The standard InChI is InChI=1S/C27H31N5O4S/c1-15-11-19(36-18-5-3-2-4-6-18)7-8-20(15)32-21-9-10-29-26-22(21)23(31-27(32)35)24(37-26)25(34)30-16-12-17(33)14-28-13-16/h2-8,11,16-17,21-22,26,28-29,33H,9-10,12-14H2,1H3,(H,30,34)(H,31,35)/t16-,17+,21?,22?,26?/m1/s1. The van der Waals surface area contributed by atoms with Gasteiger partial charge in [-0.25, -0.2) is 4.79 Å². The summed E-state index contributed by atoms with van der Waals surface area (Å²) in [6.07, 6.45) is 0.828. The highest BCUT2D eigenvalue weighted by Crippen LogP contribution is 2.48. The Morgan fingerprint density at radius 3 is 2.78 bits per heavy atom. The zero-order valence-corrected chi connectivity index (χ0v) is 21.4. The van der Waals surface area contributed by atoms with Gasteiger partial charge < -0.3 is 31.1 Å². The monoisotopic (exact) mass is 521 g/mol. The predicted octanol–water partition coefficient (Wildman–Crippen LogP) is 2.42. The van der Waals surface area contributed by atoms with Gasteiger partial charge in [0, 0.05) is 36.4 Å². The Morgan fingerprint density at radius 2 is 2.00 bits per heavy atom. The number of amides is 3. The molecular weight excluding hydrogens is 490 g/mol. The summed E-state index contributed by atoms with van der Waals surface area (Å²) in [5.74, 6) is 1.26. The van der Waals surface area contributed by atoms with Crippen molar-refractivity contribution in [2.24, 2.45) is 5.92 Å². The quantitative estimate of drug-likeness (QED) is 0.411. The first kappa shape index (κ1) is 24.3. The second kappa shape index (κ2) is 10.0. The maximum absolute atomic E-state index is 13.5. The number of urea groups is 1. The number of piperidine rings is 2. The molecule has 5 atom stereocenters. The van der Waals surface area contributed by atoms with E-state index < -0.39 is 6.10 Å². The Hall–Kier alpha value is -3.05. The van der Waals surface area contributed by atoms with Crippen molar-refractivity contribution in [3.05, 3.63) is 64.7 Å². The van der Waals surface area contributed by atoms with Gasteiger partial charge in [-0.3, -0.25) is 9.69 Å². The first-order chi connectivity index (χ1) is 18.0. The molecule has 4 aliphatic heterocycles. The van der Waals surface area contributed by atoms with Gasteiger partial charge in [-0.15, -0.1) is 0 Å². The second-order valence-electron chi connectivity index (χ2n) is 10.00. The number of nitrogens with zero attached hydrogens (tertiary/aromatic N) is 1. The number of ether oxygens (including phenoxy) is 1. The molecule has 0 spiro atoms. The molecule has 5 N–H and O–H groups in total. The van der Waals surface area contributed by atoms with E-state index in [1.54, 1.807) is 0 Å². The van der Waals surface area contributed by atoms with Crippen molar-refractivity contribution in [3.63, 3.8) is 0 Å². The summed E-state index contributed by atoms with van der Waals surface area (Å²) in [6.45, 7) is 3.90. The molecule has 3 saturated heterocycles. The molecule has 3 amide bonds. The van der Waals surface area contributed by atoms with Crippen LogP contribution in [0.4, 0.5) is 10.5 Å². The van der Waals surface area contributed by atoms with Gasteiger partial charge in [-0.2, -0.15) is 0 Å². The molecular formula is C27H31N5O4S. The van der Waals surface area contributed by atoms with Gasteiger partial charge in [-0.05, 0) is 62.2 Å². The zero-order chi connectivity index (χ0) is 25.5. The normalized spacial score (nSPS) is 29.0. The van der Waals surface area contributed by atoms with Crippen LogP contribution in [0.1, 0.15) is 18.4 Å². The highest BCUT2D eigenvalue weighted by molar-refractivity contribution is 8.04. The Morgan fingerprint density at radius 1 is 1.16 bits per heavy atom. The van der Waals surface area contributed by atoms with E-state index in [0.29, 0.717) is 35.9 Å². The molecule has 0 saturated carbocycles. The van der Waals surface area contributed by atoms with Crippen LogP contribution in [0.25, 0.3) is 0 Å². The lowest BCUT2D eigenvalue weighted by atomic mass is 9.86. The number of carbonyl (C=O) groups is 2. The number of carbonyl (C=O) groups excluding carboxylic acids is 2. The molecule has 0 radical (unpaired) electrons. The number of aliphatic hydroxyl groups excluding tert-OH is 1. The van der Waals surface area contributed by atoms with Crippen LogP contribution in [0.3, 0.4) is 0 Å². The zero-order valence-electron chi connectivity index (χ0n) is 20.6. The van der Waals surface area contributed by atoms with Crippen molar-refractivity contribution in [1.82, 2.24) is 21.3 Å². The lowest BCUT2D eigenvalue weighted by molar-refractivity contribution is -0.117. The van der Waals surface area contributed by atoms with Crippen molar-refractivity contribution in [3.8, 4) is 11.5 Å². The third kappa shape index (κ3) is 4.70. The Balaban J connectivity index is 1.24. The van der Waals surface area contributed by atoms with Gasteiger partial charge in [0.2, 0.25) is 0 Å². The molecule has 9 nitrogen and oxygen atoms in total. The molecule has 6 rings (SSSR count). The molecule has 2 aromatic carbocycles. The summed E-state index contributed by atoms with van der Waals surface area (Å²) in [5.41, 5.74) is 2.49. The van der Waals surface area contributed by atoms with E-state index in [9.17, 15) is 14.7 Å². The number of nitrogens with one attached hydrogen (secondary N) is 4. The number of aryl methyl sites for hydroxylation is 1. The van der Waals surface area contributed by atoms with E-state index in [1.807, 2.05) is 60.4 Å². The SMILES string of the molecule is Cc1cc(Oc2ccccc2)ccc1N1C(=O)NC2=C(C(=O)N[C@H]3CNC[C@@H](O)C3)SC3NCCC1C23. The van der Waals surface area contributed by atoms with E-state index in [2.05, 4.69) is 21.3 Å². The molecule has 3 unspecified atom stereocenters. The van der Waals surface area contributed by atoms with Gasteiger partial charge >= 0.3 is 6.03 Å². The van der Waals surface area contributed by atoms with Gasteiger partial charge in [0.05, 0.1) is 22.4 Å². The minimum atomic E-state index is -0.475. The first-order valence-electron chi connectivity index (χ1n) is 12.8. The second-order valence-corrected chi connectivity index (χ2v) is 11.2. The topological polar surface area (TPSA) is 115 Å². The maximum Gasteiger partial charge on any atom is 0.326 e. The molecule has 4 aliphatic rings. The third-order valence-electron chi connectivity index (χ3n) is 7.42. The lowest BCUT2D eigenvalue weighted by Crippen LogP contribution is -2.62. The minimum absolute atomic E-state index is 0.00802. The summed E-state index contributed by atoms with van der Waals surface area (Å²) in [5, 5.41) is 22.7. The summed E-state index contributed by atoms with van der Waals surface area (Å²) >= 11 is 1.49. The average molecular weight is 522 g/mol. The minimum Gasteiger partial charge on any atom is -0.457 e. The van der Waals surface area contributed by atoms with Crippen LogP contribution in [0.2, 0.25) is 0 Å². The molecule has 194 valence electrons. The highest BCUT2D eigenvalue weighted by Gasteiger charge is 2.52. The van der Waals surface area contributed by atoms with E-state index in [0.717, 1.165) is 30.0 Å². The Labute approximate surface area is 220 Å². The number of rotatable bonds is 5. The van der Waals surface area contributed by atoms with E-state index >= 15 is 0 Å². The van der Waals surface area contributed by atoms with Gasteiger partial charge in [-0.1, -0.05) is 30.0 Å². The summed E-state index contributed by atoms with van der Waals surface area (Å²) in [7, 11) is 0. The number of benzene rings is 2. The van der Waals surface area contributed by atoms with Crippen LogP contribution in [0.5, 0.6) is 11.5 Å². The van der Waals surface area contributed by atoms with E-state index in [1.165, 1.54) is 11.8 Å². The smallest absolute Gasteiger partial charge is 0.326 e. The van der Waals surface area contributed by atoms with Crippen LogP contribution in [-0.4, -0.2) is 60.2 Å². The third-order valence-corrected chi connectivity index (χ3v) is 8.77.